The molecule has 8 nitrogen and oxygen atoms in total. The summed E-state index contributed by atoms with van der Waals surface area (Å²) < 4.78 is 13.4. The molecule has 2 aliphatic heterocycles. The van der Waals surface area contributed by atoms with Crippen molar-refractivity contribution in [3.63, 3.8) is 0 Å². The highest BCUT2D eigenvalue weighted by molar-refractivity contribution is 5.95. The van der Waals surface area contributed by atoms with Gasteiger partial charge in [-0.05, 0) is 76.8 Å². The van der Waals surface area contributed by atoms with E-state index in [-0.39, 0.29) is 30.2 Å². The number of aryl methyl sites for hydroxylation is 2. The minimum atomic E-state index is -0.698. The molecule has 0 spiro atoms. The van der Waals surface area contributed by atoms with Crippen molar-refractivity contribution in [1.29, 1.82) is 0 Å². The van der Waals surface area contributed by atoms with E-state index < -0.39 is 5.97 Å². The minimum absolute atomic E-state index is 0.0621. The molecule has 0 bridgehead atoms. The van der Waals surface area contributed by atoms with Crippen molar-refractivity contribution >= 4 is 28.8 Å². The largest absolute Gasteiger partial charge is 0.481 e. The highest BCUT2D eigenvalue weighted by Crippen LogP contribution is 2.41. The van der Waals surface area contributed by atoms with Crippen LogP contribution in [-0.4, -0.2) is 52.6 Å². The monoisotopic (exact) mass is 483 g/mol. The van der Waals surface area contributed by atoms with Crippen LogP contribution < -0.4 is 4.90 Å². The lowest BCUT2D eigenvalue weighted by molar-refractivity contribution is -0.143. The smallest absolute Gasteiger partial charge is 0.414 e. The third-order valence-corrected chi connectivity index (χ3v) is 8.22. The third kappa shape index (κ3) is 4.65. The van der Waals surface area contributed by atoms with E-state index in [2.05, 4.69) is 10.6 Å². The summed E-state index contributed by atoms with van der Waals surface area (Å²) in [6.45, 7) is 2.88. The van der Waals surface area contributed by atoms with Crippen LogP contribution in [0, 0.1) is 5.92 Å². The van der Waals surface area contributed by atoms with Crippen LogP contribution in [0.2, 0.25) is 0 Å². The fourth-order valence-electron chi connectivity index (χ4n) is 6.35. The molecule has 1 amide bonds. The molecule has 35 heavy (non-hydrogen) atoms. The van der Waals surface area contributed by atoms with Crippen molar-refractivity contribution in [2.24, 2.45) is 5.92 Å². The van der Waals surface area contributed by atoms with Gasteiger partial charge >= 0.3 is 12.1 Å². The molecule has 2 fully saturated rings. The van der Waals surface area contributed by atoms with Gasteiger partial charge in [-0.15, -0.1) is 0 Å². The summed E-state index contributed by atoms with van der Waals surface area (Å²) >= 11 is 0. The zero-order valence-corrected chi connectivity index (χ0v) is 20.9. The van der Waals surface area contributed by atoms with Gasteiger partial charge in [0.1, 0.15) is 5.82 Å². The van der Waals surface area contributed by atoms with Crippen molar-refractivity contribution < 1.29 is 24.2 Å². The number of hydrogen-bond acceptors (Lipinski definition) is 5. The minimum Gasteiger partial charge on any atom is -0.481 e. The zero-order valence-electron chi connectivity index (χ0n) is 20.9. The average Bonchev–Trinajstić information content (AvgIpc) is 3.26. The lowest BCUT2D eigenvalue weighted by Crippen LogP contribution is -2.42. The molecule has 5 rings (SSSR count). The van der Waals surface area contributed by atoms with Crippen LogP contribution in [0.25, 0.3) is 11.0 Å². The number of amides is 1. The molecule has 0 radical (unpaired) electrons. The van der Waals surface area contributed by atoms with Gasteiger partial charge in [-0.1, -0.05) is 6.42 Å². The van der Waals surface area contributed by atoms with Crippen LogP contribution in [0.4, 0.5) is 10.5 Å². The molecule has 4 atom stereocenters. The Morgan fingerprint density at radius 3 is 2.77 bits per heavy atom. The van der Waals surface area contributed by atoms with Gasteiger partial charge in [0.15, 0.2) is 0 Å². The zero-order chi connectivity index (χ0) is 24.5. The Hall–Kier alpha value is -2.61. The van der Waals surface area contributed by atoms with Crippen LogP contribution in [0.5, 0.6) is 0 Å². The number of nitrogens with zero attached hydrogens (tertiary/aromatic N) is 3. The predicted octanol–water partition coefficient (Wildman–Crippen LogP) is 5.26. The number of imidazole rings is 1. The maximum atomic E-state index is 12.6. The number of anilines is 1. The SMILES string of the molecule is COC(=O)N1c2ccc3c(nc(CCC4CCCCO4)n3[C@@H]3CCC[C@@H](C(=O)O)C3)c2CCC1C. The molecule has 1 aromatic carbocycles. The highest BCUT2D eigenvalue weighted by Gasteiger charge is 2.34. The Bertz CT molecular complexity index is 1090. The molecular formula is C27H37N3O5. The Labute approximate surface area is 206 Å². The van der Waals surface area contributed by atoms with Gasteiger partial charge in [-0.2, -0.15) is 0 Å². The lowest BCUT2D eigenvalue weighted by Gasteiger charge is -2.34. The van der Waals surface area contributed by atoms with E-state index in [0.29, 0.717) is 6.42 Å². The maximum Gasteiger partial charge on any atom is 0.414 e. The summed E-state index contributed by atoms with van der Waals surface area (Å²) in [6.07, 6.45) is 10.0. The number of carbonyl (C=O) groups excluding carboxylic acids is 1. The van der Waals surface area contributed by atoms with Gasteiger partial charge in [-0.3, -0.25) is 9.69 Å². The number of carbonyl (C=O) groups is 2. The van der Waals surface area contributed by atoms with Crippen LogP contribution in [0.15, 0.2) is 12.1 Å². The van der Waals surface area contributed by atoms with E-state index in [1.54, 1.807) is 4.90 Å². The van der Waals surface area contributed by atoms with Gasteiger partial charge in [-0.25, -0.2) is 9.78 Å². The number of fused-ring (bicyclic) bond motifs is 3. The topological polar surface area (TPSA) is 93.9 Å². The molecule has 1 aromatic heterocycles. The molecular weight excluding hydrogens is 446 g/mol. The van der Waals surface area contributed by atoms with Gasteiger partial charge < -0.3 is 19.1 Å². The fourth-order valence-corrected chi connectivity index (χ4v) is 6.35. The van der Waals surface area contributed by atoms with Crippen molar-refractivity contribution in [2.45, 2.75) is 95.7 Å². The number of methoxy groups -OCH3 is 1. The van der Waals surface area contributed by atoms with Crippen molar-refractivity contribution in [3.8, 4) is 0 Å². The van der Waals surface area contributed by atoms with Crippen LogP contribution in [-0.2, 0) is 27.1 Å². The third-order valence-electron chi connectivity index (χ3n) is 8.22. The second-order valence-corrected chi connectivity index (χ2v) is 10.4. The highest BCUT2D eigenvalue weighted by atomic mass is 16.5. The first-order valence-electron chi connectivity index (χ1n) is 13.2. The number of aliphatic carboxylic acids is 1. The second kappa shape index (κ2) is 10.2. The van der Waals surface area contributed by atoms with E-state index >= 15 is 0 Å². The first-order chi connectivity index (χ1) is 17.0. The molecule has 8 heteroatoms. The Balaban J connectivity index is 1.56. The Morgan fingerprint density at radius 1 is 1.17 bits per heavy atom. The number of carboxylic acids is 1. The molecule has 3 aliphatic rings. The van der Waals surface area contributed by atoms with Gasteiger partial charge in [0.25, 0.3) is 0 Å². The summed E-state index contributed by atoms with van der Waals surface area (Å²) in [5.41, 5.74) is 3.96. The van der Waals surface area contributed by atoms with Crippen LogP contribution in [0.1, 0.15) is 82.1 Å². The second-order valence-electron chi connectivity index (χ2n) is 10.4. The Kier molecular flexibility index (Phi) is 7.00. The van der Waals surface area contributed by atoms with E-state index in [1.807, 2.05) is 13.0 Å². The average molecular weight is 484 g/mol. The number of aromatic nitrogens is 2. The van der Waals surface area contributed by atoms with E-state index in [4.69, 9.17) is 14.5 Å². The predicted molar refractivity (Wildman–Crippen MR) is 133 cm³/mol. The van der Waals surface area contributed by atoms with Crippen molar-refractivity contribution in [1.82, 2.24) is 9.55 Å². The molecule has 1 N–H and O–H groups in total. The number of ether oxygens (including phenoxy) is 2. The van der Waals surface area contributed by atoms with E-state index in [1.165, 1.54) is 13.5 Å². The number of benzene rings is 1. The van der Waals surface area contributed by atoms with E-state index in [0.717, 1.165) is 92.5 Å². The molecule has 2 unspecified atom stereocenters. The quantitative estimate of drug-likeness (QED) is 0.623. The number of hydrogen-bond donors (Lipinski definition) is 1. The summed E-state index contributed by atoms with van der Waals surface area (Å²) in [6, 6.07) is 4.27. The molecule has 1 aliphatic carbocycles. The maximum absolute atomic E-state index is 12.6. The van der Waals surface area contributed by atoms with Crippen LogP contribution in [0.3, 0.4) is 0 Å². The van der Waals surface area contributed by atoms with Gasteiger partial charge in [0.05, 0.1) is 35.9 Å². The van der Waals surface area contributed by atoms with Gasteiger partial charge in [0.2, 0.25) is 0 Å². The normalized spacial score (nSPS) is 27.0. The van der Waals surface area contributed by atoms with Crippen LogP contribution >= 0.6 is 0 Å². The number of carboxylic acid groups (broad SMARTS) is 1. The summed E-state index contributed by atoms with van der Waals surface area (Å²) in [4.78, 5) is 31.3. The summed E-state index contributed by atoms with van der Waals surface area (Å²) in [5, 5.41) is 9.71. The summed E-state index contributed by atoms with van der Waals surface area (Å²) in [7, 11) is 1.42. The van der Waals surface area contributed by atoms with Crippen molar-refractivity contribution in [3.05, 3.63) is 23.5 Å². The fraction of sp³-hybridized carbons (Fsp3) is 0.667. The molecule has 1 saturated heterocycles. The van der Waals surface area contributed by atoms with E-state index in [9.17, 15) is 14.7 Å². The van der Waals surface area contributed by atoms with Crippen molar-refractivity contribution in [2.75, 3.05) is 18.6 Å². The van der Waals surface area contributed by atoms with Gasteiger partial charge in [0, 0.05) is 30.7 Å². The molecule has 190 valence electrons. The lowest BCUT2D eigenvalue weighted by atomic mass is 9.85. The Morgan fingerprint density at radius 2 is 2.03 bits per heavy atom. The molecule has 3 heterocycles. The standard InChI is InChI=1S/C27H37N3O5/c1-17-9-11-21-22(29(17)27(33)34-2)12-13-23-25(21)28-24(14-10-20-8-3-4-15-35-20)30(23)19-7-5-6-18(16-19)26(31)32/h12-13,17-20H,3-11,14-16H2,1-2H3,(H,31,32)/t17?,18-,19-,20?/m1/s1. The molecule has 2 aromatic rings. The summed E-state index contributed by atoms with van der Waals surface area (Å²) in [5.74, 6) is 0.00670. The first-order valence-corrected chi connectivity index (χ1v) is 13.2. The first kappa shape index (κ1) is 24.1. The molecule has 1 saturated carbocycles. The number of rotatable bonds is 5.